The van der Waals surface area contributed by atoms with Gasteiger partial charge in [-0.2, -0.15) is 0 Å². The molecule has 98 valence electrons. The van der Waals surface area contributed by atoms with Gasteiger partial charge in [-0.1, -0.05) is 24.3 Å². The van der Waals surface area contributed by atoms with E-state index < -0.39 is 16.0 Å². The van der Waals surface area contributed by atoms with Gasteiger partial charge in [0.2, 0.25) is 10.0 Å². The van der Waals surface area contributed by atoms with Crippen molar-refractivity contribution in [3.63, 3.8) is 0 Å². The van der Waals surface area contributed by atoms with E-state index in [2.05, 4.69) is 11.3 Å². The zero-order chi connectivity index (χ0) is 13.6. The number of para-hydroxylation sites is 1. The lowest BCUT2D eigenvalue weighted by molar-refractivity contribution is -0.136. The highest BCUT2D eigenvalue weighted by Crippen LogP contribution is 2.18. The third-order valence-electron chi connectivity index (χ3n) is 2.23. The van der Waals surface area contributed by atoms with Crippen LogP contribution in [0.15, 0.2) is 36.9 Å². The van der Waals surface area contributed by atoms with Gasteiger partial charge in [0.05, 0.1) is 11.4 Å². The molecule has 1 aromatic rings. The third-order valence-corrected chi connectivity index (χ3v) is 3.43. The van der Waals surface area contributed by atoms with E-state index in [9.17, 15) is 13.2 Å². The zero-order valence-electron chi connectivity index (χ0n) is 9.80. The third kappa shape index (κ3) is 4.58. The summed E-state index contributed by atoms with van der Waals surface area (Å²) in [6, 6.07) is 6.74. The minimum absolute atomic E-state index is 0.0415. The summed E-state index contributed by atoms with van der Waals surface area (Å²) in [6.07, 6.45) is 1.53. The second-order valence-corrected chi connectivity index (χ2v) is 5.49. The van der Waals surface area contributed by atoms with Crippen molar-refractivity contribution in [2.75, 3.05) is 10.5 Å². The van der Waals surface area contributed by atoms with Crippen LogP contribution in [0.2, 0.25) is 0 Å². The van der Waals surface area contributed by atoms with Crippen molar-refractivity contribution in [2.24, 2.45) is 0 Å². The van der Waals surface area contributed by atoms with Gasteiger partial charge in [0, 0.05) is 6.42 Å². The number of carbonyl (C=O) groups is 1. The minimum Gasteiger partial charge on any atom is -0.481 e. The van der Waals surface area contributed by atoms with Crippen LogP contribution in [0.4, 0.5) is 5.69 Å². The topological polar surface area (TPSA) is 83.5 Å². The van der Waals surface area contributed by atoms with E-state index in [0.717, 1.165) is 0 Å². The van der Waals surface area contributed by atoms with Crippen LogP contribution in [0.3, 0.4) is 0 Å². The Balaban J connectivity index is 2.88. The molecule has 0 bridgehead atoms. The van der Waals surface area contributed by atoms with Gasteiger partial charge in [0.15, 0.2) is 0 Å². The van der Waals surface area contributed by atoms with E-state index in [4.69, 9.17) is 5.11 Å². The molecule has 0 unspecified atom stereocenters. The van der Waals surface area contributed by atoms with Crippen LogP contribution in [-0.4, -0.2) is 25.2 Å². The lowest BCUT2D eigenvalue weighted by Crippen LogP contribution is -2.16. The van der Waals surface area contributed by atoms with E-state index in [-0.39, 0.29) is 18.6 Å². The molecule has 0 saturated carbocycles. The maximum Gasteiger partial charge on any atom is 0.303 e. The smallest absolute Gasteiger partial charge is 0.303 e. The molecule has 0 aliphatic rings. The molecule has 0 aliphatic carbocycles. The number of rotatable bonds is 7. The summed E-state index contributed by atoms with van der Waals surface area (Å²) in [4.78, 5) is 10.5. The van der Waals surface area contributed by atoms with Crippen molar-refractivity contribution < 1.29 is 18.3 Å². The van der Waals surface area contributed by atoms with Gasteiger partial charge < -0.3 is 5.11 Å². The highest BCUT2D eigenvalue weighted by atomic mass is 32.2. The summed E-state index contributed by atoms with van der Waals surface area (Å²) in [5.74, 6) is -1.10. The van der Waals surface area contributed by atoms with Crippen molar-refractivity contribution in [3.8, 4) is 0 Å². The highest BCUT2D eigenvalue weighted by molar-refractivity contribution is 7.92. The Morgan fingerprint density at radius 1 is 1.39 bits per heavy atom. The maximum absolute atomic E-state index is 11.6. The van der Waals surface area contributed by atoms with Crippen molar-refractivity contribution >= 4 is 21.7 Å². The molecule has 0 saturated heterocycles. The van der Waals surface area contributed by atoms with Gasteiger partial charge in [-0.15, -0.1) is 6.58 Å². The van der Waals surface area contributed by atoms with Crippen molar-refractivity contribution in [2.45, 2.75) is 12.8 Å². The Labute approximate surface area is 106 Å². The quantitative estimate of drug-likeness (QED) is 0.737. The number of hydrogen-bond acceptors (Lipinski definition) is 3. The number of carboxylic acids is 1. The van der Waals surface area contributed by atoms with Gasteiger partial charge in [-0.05, 0) is 18.1 Å². The Morgan fingerprint density at radius 3 is 2.67 bits per heavy atom. The number of benzene rings is 1. The van der Waals surface area contributed by atoms with E-state index in [1.54, 1.807) is 24.3 Å². The van der Waals surface area contributed by atoms with Crippen LogP contribution in [-0.2, 0) is 21.2 Å². The molecule has 18 heavy (non-hydrogen) atoms. The number of sulfonamides is 1. The zero-order valence-corrected chi connectivity index (χ0v) is 10.6. The molecule has 0 amide bonds. The average molecular weight is 269 g/mol. The summed E-state index contributed by atoms with van der Waals surface area (Å²) in [7, 11) is -3.46. The second-order valence-electron chi connectivity index (χ2n) is 3.72. The minimum atomic E-state index is -3.46. The van der Waals surface area contributed by atoms with Gasteiger partial charge in [0.1, 0.15) is 0 Å². The SMILES string of the molecule is C=CCS(=O)(=O)Nc1ccccc1CCC(=O)O. The molecule has 0 radical (unpaired) electrons. The molecule has 0 atom stereocenters. The molecule has 0 heterocycles. The molecular weight excluding hydrogens is 254 g/mol. The molecule has 0 fully saturated rings. The fraction of sp³-hybridized carbons (Fsp3) is 0.250. The van der Waals surface area contributed by atoms with Crippen LogP contribution < -0.4 is 4.72 Å². The lowest BCUT2D eigenvalue weighted by atomic mass is 10.1. The predicted octanol–water partition coefficient (Wildman–Crippen LogP) is 1.63. The number of carboxylic acid groups (broad SMARTS) is 1. The fourth-order valence-electron chi connectivity index (χ4n) is 1.44. The monoisotopic (exact) mass is 269 g/mol. The lowest BCUT2D eigenvalue weighted by Gasteiger charge is -2.10. The van der Waals surface area contributed by atoms with Gasteiger partial charge in [-0.25, -0.2) is 8.42 Å². The molecular formula is C12H15NO4S. The normalized spacial score (nSPS) is 10.9. The molecule has 0 spiro atoms. The second kappa shape index (κ2) is 6.20. The molecule has 1 rings (SSSR count). The Morgan fingerprint density at radius 2 is 2.06 bits per heavy atom. The Hall–Kier alpha value is -1.82. The first kappa shape index (κ1) is 14.2. The van der Waals surface area contributed by atoms with Crippen molar-refractivity contribution in [1.29, 1.82) is 0 Å². The van der Waals surface area contributed by atoms with Gasteiger partial charge in [0.25, 0.3) is 0 Å². The van der Waals surface area contributed by atoms with Gasteiger partial charge >= 0.3 is 5.97 Å². The fourth-order valence-corrected chi connectivity index (χ4v) is 2.37. The number of aliphatic carboxylic acids is 1. The number of hydrogen-bond donors (Lipinski definition) is 2. The predicted molar refractivity (Wildman–Crippen MR) is 70.0 cm³/mol. The van der Waals surface area contributed by atoms with E-state index >= 15 is 0 Å². The first-order valence-electron chi connectivity index (χ1n) is 5.35. The Kier molecular flexibility index (Phi) is 4.91. The van der Waals surface area contributed by atoms with Crippen LogP contribution >= 0.6 is 0 Å². The van der Waals surface area contributed by atoms with Crippen molar-refractivity contribution in [1.82, 2.24) is 0 Å². The van der Waals surface area contributed by atoms with E-state index in [0.29, 0.717) is 11.3 Å². The molecule has 5 nitrogen and oxygen atoms in total. The van der Waals surface area contributed by atoms with E-state index in [1.165, 1.54) is 6.08 Å². The maximum atomic E-state index is 11.6. The first-order valence-corrected chi connectivity index (χ1v) is 7.01. The number of aryl methyl sites for hydroxylation is 1. The standard InChI is InChI=1S/C12H15NO4S/c1-2-9-18(16,17)13-11-6-4-3-5-10(11)7-8-12(14)15/h2-6,13H,1,7-9H2,(H,14,15). The number of nitrogens with one attached hydrogen (secondary N) is 1. The van der Waals surface area contributed by atoms with Crippen molar-refractivity contribution in [3.05, 3.63) is 42.5 Å². The Bertz CT molecular complexity index is 537. The van der Waals surface area contributed by atoms with Crippen LogP contribution in [0.25, 0.3) is 0 Å². The molecule has 2 N–H and O–H groups in total. The summed E-state index contributed by atoms with van der Waals surface area (Å²) >= 11 is 0. The first-order chi connectivity index (χ1) is 8.44. The number of anilines is 1. The summed E-state index contributed by atoms with van der Waals surface area (Å²) < 4.78 is 25.6. The van der Waals surface area contributed by atoms with Crippen LogP contribution in [0.5, 0.6) is 0 Å². The molecule has 0 aliphatic heterocycles. The van der Waals surface area contributed by atoms with Crippen LogP contribution in [0, 0.1) is 0 Å². The van der Waals surface area contributed by atoms with E-state index in [1.807, 2.05) is 0 Å². The average Bonchev–Trinajstić information content (AvgIpc) is 2.27. The largest absolute Gasteiger partial charge is 0.481 e. The summed E-state index contributed by atoms with van der Waals surface area (Å²) in [5, 5.41) is 8.63. The highest BCUT2D eigenvalue weighted by Gasteiger charge is 2.11. The molecule has 1 aromatic carbocycles. The molecule has 0 aromatic heterocycles. The van der Waals surface area contributed by atoms with Gasteiger partial charge in [-0.3, -0.25) is 9.52 Å². The molecule has 6 heteroatoms. The van der Waals surface area contributed by atoms with Crippen LogP contribution in [0.1, 0.15) is 12.0 Å². The summed E-state index contributed by atoms with van der Waals surface area (Å²) in [6.45, 7) is 3.37. The summed E-state index contributed by atoms with van der Waals surface area (Å²) in [5.41, 5.74) is 1.08.